The fourth-order valence-electron chi connectivity index (χ4n) is 10.7. The summed E-state index contributed by atoms with van der Waals surface area (Å²) in [6.45, 7) is 2.64. The van der Waals surface area contributed by atoms with Gasteiger partial charge >= 0.3 is 13.8 Å². The highest BCUT2D eigenvalue weighted by Crippen LogP contribution is 2.70. The third kappa shape index (κ3) is 9.06. The summed E-state index contributed by atoms with van der Waals surface area (Å²) in [6.07, 6.45) is 4.22. The Morgan fingerprint density at radius 2 is 1.82 bits per heavy atom. The van der Waals surface area contributed by atoms with Gasteiger partial charge in [0.15, 0.2) is 23.5 Å². The largest absolute Gasteiger partial charge is 0.481 e. The van der Waals surface area contributed by atoms with Crippen molar-refractivity contribution in [2.24, 2.45) is 28.6 Å². The summed E-state index contributed by atoms with van der Waals surface area (Å²) in [7, 11) is -5.03. The number of rotatable bonds is 16. The van der Waals surface area contributed by atoms with Crippen molar-refractivity contribution in [1.82, 2.24) is 10.6 Å². The van der Waals surface area contributed by atoms with Gasteiger partial charge in [-0.25, -0.2) is 4.57 Å². The summed E-state index contributed by atoms with van der Waals surface area (Å²) in [5.74, 6) is -4.08. The van der Waals surface area contributed by atoms with Gasteiger partial charge in [0, 0.05) is 40.2 Å². The highest BCUT2D eigenvalue weighted by atomic mass is 79.9. The Morgan fingerprint density at radius 1 is 1.08 bits per heavy atom. The summed E-state index contributed by atoms with van der Waals surface area (Å²) in [4.78, 5) is 95.6. The Balaban J connectivity index is 1.05. The second kappa shape index (κ2) is 17.9. The number of fused-ring (bicyclic) bond motifs is 7. The molecule has 4 fully saturated rings. The first-order chi connectivity index (χ1) is 29.3. The molecular formula is C42H49BrN3O14PS. The second-order valence-corrected chi connectivity index (χ2v) is 20.1. The van der Waals surface area contributed by atoms with Crippen LogP contribution in [0.3, 0.4) is 0 Å². The number of amides is 3. The minimum Gasteiger partial charge on any atom is -0.481 e. The van der Waals surface area contributed by atoms with Gasteiger partial charge in [-0.2, -0.15) is 0 Å². The number of phosphoric acid groups is 1. The van der Waals surface area contributed by atoms with Gasteiger partial charge in [0.1, 0.15) is 12.6 Å². The summed E-state index contributed by atoms with van der Waals surface area (Å²) in [5.41, 5.74) is -0.992. The zero-order valence-electron chi connectivity index (χ0n) is 33.9. The molecule has 334 valence electrons. The number of aliphatic hydroxyl groups is 1. The highest BCUT2D eigenvalue weighted by Gasteiger charge is 2.76. The number of nitrogens with one attached hydrogen (secondary N) is 3. The lowest BCUT2D eigenvalue weighted by atomic mass is 9.46. The molecule has 1 aliphatic heterocycles. The zero-order chi connectivity index (χ0) is 44.8. The second-order valence-electron chi connectivity index (χ2n) is 17.1. The number of carbonyl (C=O) groups excluding carboxylic acids is 5. The summed E-state index contributed by atoms with van der Waals surface area (Å²) < 4.78 is 29.9. The molecule has 62 heavy (non-hydrogen) atoms. The van der Waals surface area contributed by atoms with Gasteiger partial charge < -0.3 is 45.4 Å². The Bertz CT molecular complexity index is 2240. The Morgan fingerprint density at radius 3 is 2.52 bits per heavy atom. The Hall–Kier alpha value is -3.91. The molecule has 0 bridgehead atoms. The average molecular weight is 963 g/mol. The van der Waals surface area contributed by atoms with Gasteiger partial charge in [-0.3, -0.25) is 33.3 Å². The van der Waals surface area contributed by atoms with Gasteiger partial charge in [-0.1, -0.05) is 53.6 Å². The number of carbonyl (C=O) groups is 6. The third-order valence-corrected chi connectivity index (χ3v) is 15.5. The number of hydrogen-bond acceptors (Lipinski definition) is 12. The quantitative estimate of drug-likeness (QED) is 0.0932. The van der Waals surface area contributed by atoms with Crippen molar-refractivity contribution in [3.8, 4) is 0 Å². The maximum atomic E-state index is 14.4. The van der Waals surface area contributed by atoms with E-state index in [1.165, 1.54) is 11.3 Å². The molecule has 1 aromatic carbocycles. The number of thiophene rings is 1. The van der Waals surface area contributed by atoms with Crippen LogP contribution < -0.4 is 16.0 Å². The fraction of sp³-hybridized carbons (Fsp3) is 0.524. The molecule has 1 aromatic heterocycles. The molecule has 0 radical (unpaired) electrons. The smallest absolute Gasteiger partial charge is 0.470 e. The zero-order valence-corrected chi connectivity index (χ0v) is 37.2. The lowest BCUT2D eigenvalue weighted by Crippen LogP contribution is -2.63. The van der Waals surface area contributed by atoms with E-state index in [2.05, 4.69) is 31.9 Å². The molecule has 2 aromatic rings. The normalized spacial score (nSPS) is 31.5. The van der Waals surface area contributed by atoms with E-state index in [9.17, 15) is 48.2 Å². The monoisotopic (exact) mass is 961 g/mol. The van der Waals surface area contributed by atoms with Crippen LogP contribution in [0.1, 0.15) is 74.0 Å². The van der Waals surface area contributed by atoms with Crippen molar-refractivity contribution in [1.29, 1.82) is 0 Å². The van der Waals surface area contributed by atoms with Gasteiger partial charge in [0.2, 0.25) is 17.7 Å². The molecular weight excluding hydrogens is 913 g/mol. The first kappa shape index (κ1) is 46.1. The molecule has 7 rings (SSSR count). The number of ether oxygens (including phenoxy) is 2. The van der Waals surface area contributed by atoms with Crippen LogP contribution in [-0.2, 0) is 53.8 Å². The van der Waals surface area contributed by atoms with E-state index >= 15 is 0 Å². The number of ketones is 2. The van der Waals surface area contributed by atoms with Gasteiger partial charge in [-0.15, -0.1) is 11.3 Å². The van der Waals surface area contributed by atoms with Crippen LogP contribution in [0, 0.1) is 28.6 Å². The lowest BCUT2D eigenvalue weighted by molar-refractivity contribution is -0.200. The number of hydrogen-bond donors (Lipinski definition) is 7. The fourth-order valence-corrected chi connectivity index (χ4v) is 12.2. The number of phosphoric ester groups is 1. The Labute approximate surface area is 369 Å². The summed E-state index contributed by atoms with van der Waals surface area (Å²) in [6, 6.07) is 9.49. The average Bonchev–Trinajstić information content (AvgIpc) is 3.90. The molecule has 10 atom stereocenters. The van der Waals surface area contributed by atoms with E-state index in [0.717, 1.165) is 16.0 Å². The molecule has 20 heteroatoms. The summed E-state index contributed by atoms with van der Waals surface area (Å²) >= 11 is 4.37. The molecule has 1 saturated heterocycles. The van der Waals surface area contributed by atoms with Crippen LogP contribution >= 0.6 is 35.1 Å². The minimum absolute atomic E-state index is 0.0150. The number of aliphatic hydroxyl groups excluding tert-OH is 1. The Kier molecular flexibility index (Phi) is 13.3. The van der Waals surface area contributed by atoms with Crippen LogP contribution in [0.5, 0.6) is 0 Å². The molecule has 3 amide bonds. The van der Waals surface area contributed by atoms with Crippen LogP contribution in [0.25, 0.3) is 0 Å². The SMILES string of the molecule is C[C@]12C=CC(=O)C=C1CC[C@@H]1[C@@H]2[C@@H](O)C[C@@]2(C)[C@H]1C[C@H]1O[C@@H](c3ccc(Cc4ccc(NC(=O)[C@H](CCC(=O)O)NC(=O)CNC(=O)CBr)cc4)s3)O[C@]12C(=O)COP(=O)(O)O. The van der Waals surface area contributed by atoms with Crippen molar-refractivity contribution < 1.29 is 67.3 Å². The molecule has 5 aliphatic rings. The van der Waals surface area contributed by atoms with Crippen LogP contribution in [0.15, 0.2) is 60.2 Å². The van der Waals surface area contributed by atoms with Gasteiger partial charge in [0.05, 0.1) is 29.0 Å². The standard InChI is InChI=1S/C42H49BrN3O14PS/c1-40-14-13-25(47)16-23(40)5-9-27-28-17-33-42(32(49)21-58-61(55,56)57,41(28,2)18-30(48)37(27)40)60-39(59-33)31-11-8-26(62-31)15-22-3-6-24(7-4-22)45-38(54)29(10-12-36(52)53)46-35(51)20-44-34(50)19-43/h3-4,6-8,11,13-14,16,27-30,33,37,39,48H,5,9-10,12,15,17-21H2,1-2H3,(H,44,50)(H,45,54)(H,46,51)(H,52,53)(H2,55,56,57)/t27-,28-,29-,30-,33+,37+,39+,40-,41-,42+/m0/s1. The third-order valence-electron chi connectivity index (χ3n) is 13.4. The van der Waals surface area contributed by atoms with E-state index in [0.29, 0.717) is 36.2 Å². The predicted octanol–water partition coefficient (Wildman–Crippen LogP) is 3.86. The number of halogens is 1. The molecule has 0 spiro atoms. The number of Topliss-reactive ketones (excluding diaryl/α,β-unsaturated/α-hetero) is 1. The van der Waals surface area contributed by atoms with E-state index < -0.39 is 84.9 Å². The van der Waals surface area contributed by atoms with E-state index in [4.69, 9.17) is 19.1 Å². The van der Waals surface area contributed by atoms with Crippen LogP contribution in [-0.4, -0.2) is 97.6 Å². The summed E-state index contributed by atoms with van der Waals surface area (Å²) in [5, 5.41) is 28.7. The predicted molar refractivity (Wildman–Crippen MR) is 226 cm³/mol. The van der Waals surface area contributed by atoms with Crippen molar-refractivity contribution >= 4 is 76.0 Å². The number of anilines is 1. The first-order valence-electron chi connectivity index (χ1n) is 20.3. The number of carboxylic acids is 1. The molecule has 17 nitrogen and oxygen atoms in total. The number of carboxylic acid groups (broad SMARTS) is 1. The van der Waals surface area contributed by atoms with E-state index in [-0.39, 0.29) is 54.7 Å². The van der Waals surface area contributed by atoms with Crippen molar-refractivity contribution in [2.45, 2.75) is 88.9 Å². The van der Waals surface area contributed by atoms with Gasteiger partial charge in [0.25, 0.3) is 0 Å². The molecule has 7 N–H and O–H groups in total. The van der Waals surface area contributed by atoms with Crippen molar-refractivity contribution in [3.05, 3.63) is 75.5 Å². The van der Waals surface area contributed by atoms with Gasteiger partial charge in [-0.05, 0) is 85.9 Å². The molecule has 0 unspecified atom stereocenters. The first-order valence-corrected chi connectivity index (χ1v) is 23.7. The van der Waals surface area contributed by atoms with Crippen LogP contribution in [0.4, 0.5) is 5.69 Å². The van der Waals surface area contributed by atoms with Crippen molar-refractivity contribution in [3.63, 3.8) is 0 Å². The van der Waals surface area contributed by atoms with Crippen molar-refractivity contribution in [2.75, 3.05) is 23.8 Å². The number of aliphatic carboxylic acids is 1. The number of allylic oxidation sites excluding steroid dienone is 4. The highest BCUT2D eigenvalue weighted by molar-refractivity contribution is 9.09. The van der Waals surface area contributed by atoms with E-state index in [1.54, 1.807) is 36.4 Å². The molecule has 2 heterocycles. The molecule has 4 aliphatic carbocycles. The maximum absolute atomic E-state index is 14.4. The van der Waals surface area contributed by atoms with Crippen LogP contribution in [0.2, 0.25) is 0 Å². The lowest BCUT2D eigenvalue weighted by Gasteiger charge is -2.59. The minimum atomic E-state index is -5.03. The van der Waals surface area contributed by atoms with E-state index in [1.807, 2.05) is 32.1 Å². The maximum Gasteiger partial charge on any atom is 0.470 e. The molecule has 3 saturated carbocycles. The number of benzene rings is 1. The number of alkyl halides is 1. The topological polar surface area (TPSA) is 264 Å².